The van der Waals surface area contributed by atoms with Gasteiger partial charge in [-0.05, 0) is 43.9 Å². The minimum atomic E-state index is 0.220. The fourth-order valence-electron chi connectivity index (χ4n) is 3.91. The van der Waals surface area contributed by atoms with E-state index >= 15 is 0 Å². The van der Waals surface area contributed by atoms with E-state index in [1.165, 1.54) is 28.5 Å². The molecule has 1 aromatic carbocycles. The third kappa shape index (κ3) is 2.22. The number of hydrogen-bond acceptors (Lipinski definition) is 3. The van der Waals surface area contributed by atoms with Crippen molar-refractivity contribution in [3.63, 3.8) is 0 Å². The molecule has 3 heterocycles. The lowest BCUT2D eigenvalue weighted by Gasteiger charge is -2.47. The number of fused-ring (bicyclic) bond motifs is 1. The highest BCUT2D eigenvalue weighted by atomic mass is 16.5. The predicted molar refractivity (Wildman–Crippen MR) is 87.4 cm³/mol. The van der Waals surface area contributed by atoms with Crippen LogP contribution in [0.4, 0.5) is 0 Å². The first-order valence-electron chi connectivity index (χ1n) is 8.21. The van der Waals surface area contributed by atoms with E-state index < -0.39 is 0 Å². The Bertz CT molecular complexity index is 678. The fraction of sp³-hybridized carbons (Fsp3) is 0.556. The molecule has 118 valence electrons. The molecule has 1 N–H and O–H groups in total. The van der Waals surface area contributed by atoms with E-state index in [1.807, 2.05) is 6.20 Å². The number of aromatic nitrogens is 1. The highest BCUT2D eigenvalue weighted by Gasteiger charge is 2.41. The zero-order valence-electron chi connectivity index (χ0n) is 13.4. The Morgan fingerprint density at radius 3 is 2.73 bits per heavy atom. The first-order valence-corrected chi connectivity index (χ1v) is 8.21. The molecule has 2 saturated heterocycles. The zero-order chi connectivity index (χ0) is 15.2. The van der Waals surface area contributed by atoms with Gasteiger partial charge >= 0.3 is 0 Å². The van der Waals surface area contributed by atoms with E-state index in [0.717, 1.165) is 44.8 Å². The van der Waals surface area contributed by atoms with Crippen molar-refractivity contribution in [2.45, 2.75) is 38.3 Å². The molecule has 0 radical (unpaired) electrons. The Labute approximate surface area is 131 Å². The molecule has 0 atom stereocenters. The molecule has 1 aromatic heterocycles. The Balaban J connectivity index is 1.58. The molecule has 0 saturated carbocycles. The van der Waals surface area contributed by atoms with Crippen molar-refractivity contribution in [2.75, 3.05) is 26.8 Å². The number of methoxy groups -OCH3 is 1. The van der Waals surface area contributed by atoms with Gasteiger partial charge in [-0.3, -0.25) is 4.90 Å². The second-order valence-electron chi connectivity index (χ2n) is 6.70. The molecule has 4 rings (SSSR count). The van der Waals surface area contributed by atoms with Gasteiger partial charge in [0.2, 0.25) is 0 Å². The van der Waals surface area contributed by atoms with Crippen molar-refractivity contribution in [1.29, 1.82) is 0 Å². The Morgan fingerprint density at radius 1 is 1.32 bits per heavy atom. The Kier molecular flexibility index (Phi) is 3.39. The van der Waals surface area contributed by atoms with Gasteiger partial charge in [-0.25, -0.2) is 0 Å². The molecule has 2 aliphatic heterocycles. The third-order valence-electron chi connectivity index (χ3n) is 5.45. The lowest BCUT2D eigenvalue weighted by atomic mass is 9.84. The van der Waals surface area contributed by atoms with Crippen LogP contribution in [-0.4, -0.2) is 42.3 Å². The minimum Gasteiger partial charge on any atom is -0.496 e. The van der Waals surface area contributed by atoms with E-state index in [4.69, 9.17) is 9.47 Å². The molecule has 22 heavy (non-hydrogen) atoms. The normalized spacial score (nSPS) is 21.2. The number of aromatic amines is 1. The number of nitrogens with zero attached hydrogens (tertiary/aromatic N) is 1. The average molecular weight is 300 g/mol. The predicted octanol–water partition coefficient (Wildman–Crippen LogP) is 3.24. The summed E-state index contributed by atoms with van der Waals surface area (Å²) in [6.45, 7) is 6.26. The van der Waals surface area contributed by atoms with Crippen molar-refractivity contribution < 1.29 is 9.47 Å². The van der Waals surface area contributed by atoms with Crippen molar-refractivity contribution in [3.8, 4) is 5.75 Å². The van der Waals surface area contributed by atoms with E-state index in [-0.39, 0.29) is 5.60 Å². The van der Waals surface area contributed by atoms with Crippen molar-refractivity contribution >= 4 is 10.9 Å². The maximum Gasteiger partial charge on any atom is 0.124 e. The molecule has 4 nitrogen and oxygen atoms in total. The van der Waals surface area contributed by atoms with Crippen LogP contribution in [0.3, 0.4) is 0 Å². The molecule has 0 amide bonds. The maximum atomic E-state index is 5.82. The summed E-state index contributed by atoms with van der Waals surface area (Å²) in [5.74, 6) is 1.00. The average Bonchev–Trinajstić information content (AvgIpc) is 2.99. The van der Waals surface area contributed by atoms with Crippen molar-refractivity contribution in [3.05, 3.63) is 29.5 Å². The van der Waals surface area contributed by atoms with Gasteiger partial charge in [0.25, 0.3) is 0 Å². The van der Waals surface area contributed by atoms with E-state index in [1.54, 1.807) is 7.11 Å². The van der Waals surface area contributed by atoms with Crippen molar-refractivity contribution in [1.82, 2.24) is 9.88 Å². The lowest BCUT2D eigenvalue weighted by molar-refractivity contribution is -0.173. The van der Waals surface area contributed by atoms with Crippen LogP contribution in [0.5, 0.6) is 5.75 Å². The van der Waals surface area contributed by atoms with Gasteiger partial charge < -0.3 is 14.5 Å². The van der Waals surface area contributed by atoms with Gasteiger partial charge in [-0.1, -0.05) is 0 Å². The molecule has 0 aliphatic carbocycles. The van der Waals surface area contributed by atoms with Gasteiger partial charge in [0.1, 0.15) is 5.75 Å². The molecular formula is C18H24N2O2. The SMILES string of the molecule is COc1cc(C)c2[nH]ccc2c1CN1CCC2(CCO2)CC1. The summed E-state index contributed by atoms with van der Waals surface area (Å²) in [7, 11) is 1.77. The summed E-state index contributed by atoms with van der Waals surface area (Å²) >= 11 is 0. The molecule has 2 fully saturated rings. The maximum absolute atomic E-state index is 5.82. The van der Waals surface area contributed by atoms with Crippen LogP contribution in [0.25, 0.3) is 10.9 Å². The van der Waals surface area contributed by atoms with Gasteiger partial charge in [-0.2, -0.15) is 0 Å². The first-order chi connectivity index (χ1) is 10.7. The molecule has 1 spiro atoms. The summed E-state index contributed by atoms with van der Waals surface area (Å²) in [5, 5.41) is 1.29. The summed E-state index contributed by atoms with van der Waals surface area (Å²) in [6, 6.07) is 4.31. The number of benzene rings is 1. The van der Waals surface area contributed by atoms with Gasteiger partial charge in [0.15, 0.2) is 0 Å². The van der Waals surface area contributed by atoms with Gasteiger partial charge in [0, 0.05) is 42.3 Å². The number of likely N-dealkylation sites (tertiary alicyclic amines) is 1. The Morgan fingerprint density at radius 2 is 2.09 bits per heavy atom. The van der Waals surface area contributed by atoms with Crippen molar-refractivity contribution in [2.24, 2.45) is 0 Å². The lowest BCUT2D eigenvalue weighted by Crippen LogP contribution is -2.52. The highest BCUT2D eigenvalue weighted by molar-refractivity contribution is 5.88. The topological polar surface area (TPSA) is 37.5 Å². The quantitative estimate of drug-likeness (QED) is 0.945. The number of H-pyrrole nitrogens is 1. The number of aryl methyl sites for hydroxylation is 1. The number of nitrogens with one attached hydrogen (secondary N) is 1. The van der Waals surface area contributed by atoms with Crippen LogP contribution in [0.2, 0.25) is 0 Å². The van der Waals surface area contributed by atoms with Crippen LogP contribution in [0.1, 0.15) is 30.4 Å². The second kappa shape index (κ2) is 5.28. The number of hydrogen-bond donors (Lipinski definition) is 1. The highest BCUT2D eigenvalue weighted by Crippen LogP contribution is 2.38. The van der Waals surface area contributed by atoms with E-state index in [0.29, 0.717) is 0 Å². The minimum absolute atomic E-state index is 0.220. The number of piperidine rings is 1. The summed E-state index contributed by atoms with van der Waals surface area (Å²) in [4.78, 5) is 5.89. The number of rotatable bonds is 3. The number of ether oxygens (including phenoxy) is 2. The van der Waals surface area contributed by atoms with Crippen LogP contribution in [-0.2, 0) is 11.3 Å². The molecular weight excluding hydrogens is 276 g/mol. The largest absolute Gasteiger partial charge is 0.496 e. The summed E-state index contributed by atoms with van der Waals surface area (Å²) in [5.41, 5.74) is 3.99. The first kappa shape index (κ1) is 14.1. The third-order valence-corrected chi connectivity index (χ3v) is 5.45. The van der Waals surface area contributed by atoms with Crippen LogP contribution < -0.4 is 4.74 Å². The molecule has 4 heteroatoms. The van der Waals surface area contributed by atoms with Gasteiger partial charge in [-0.15, -0.1) is 0 Å². The van der Waals surface area contributed by atoms with Crippen LogP contribution in [0, 0.1) is 6.92 Å². The van der Waals surface area contributed by atoms with E-state index in [9.17, 15) is 0 Å². The summed E-state index contributed by atoms with van der Waals surface area (Å²) < 4.78 is 11.5. The van der Waals surface area contributed by atoms with E-state index in [2.05, 4.69) is 28.9 Å². The monoisotopic (exact) mass is 300 g/mol. The Hall–Kier alpha value is -1.52. The van der Waals surface area contributed by atoms with Crippen LogP contribution >= 0.6 is 0 Å². The molecule has 2 aromatic rings. The summed E-state index contributed by atoms with van der Waals surface area (Å²) in [6.07, 6.45) is 5.60. The zero-order valence-corrected chi connectivity index (χ0v) is 13.4. The standard InChI is InChI=1S/C18H24N2O2/c1-13-11-16(21-2)15(14-3-7-19-17(13)14)12-20-8-4-18(5-9-20)6-10-22-18/h3,7,11,19H,4-6,8-10,12H2,1-2H3. The molecule has 2 aliphatic rings. The van der Waals surface area contributed by atoms with Crippen LogP contribution in [0.15, 0.2) is 18.3 Å². The van der Waals surface area contributed by atoms with Gasteiger partial charge in [0.05, 0.1) is 19.3 Å². The molecule has 0 unspecified atom stereocenters. The smallest absolute Gasteiger partial charge is 0.124 e. The second-order valence-corrected chi connectivity index (χ2v) is 6.70. The molecule has 0 bridgehead atoms. The fourth-order valence-corrected chi connectivity index (χ4v) is 3.91.